The first-order valence-electron chi connectivity index (χ1n) is 5.10. The number of carbonyl (C=O) groups excluding carboxylic acids is 1. The summed E-state index contributed by atoms with van der Waals surface area (Å²) < 4.78 is 0. The van der Waals surface area contributed by atoms with E-state index in [4.69, 9.17) is 5.73 Å². The van der Waals surface area contributed by atoms with Crippen LogP contribution in [0.5, 0.6) is 0 Å². The first-order valence-corrected chi connectivity index (χ1v) is 5.10. The van der Waals surface area contributed by atoms with Crippen LogP contribution in [0.4, 0.5) is 0 Å². The Morgan fingerprint density at radius 2 is 1.69 bits per heavy atom. The van der Waals surface area contributed by atoms with Gasteiger partial charge < -0.3 is 10.6 Å². The van der Waals surface area contributed by atoms with Crippen molar-refractivity contribution in [1.82, 2.24) is 4.90 Å². The summed E-state index contributed by atoms with van der Waals surface area (Å²) in [4.78, 5) is 13.4. The van der Waals surface area contributed by atoms with Crippen molar-refractivity contribution in [3.63, 3.8) is 0 Å². The fourth-order valence-electron chi connectivity index (χ4n) is 1.45. The lowest BCUT2D eigenvalue weighted by Gasteiger charge is -2.28. The minimum absolute atomic E-state index is 0.0659. The third-order valence-electron chi connectivity index (χ3n) is 2.59. The maximum atomic E-state index is 11.6. The molecule has 0 rings (SSSR count). The molecule has 0 saturated heterocycles. The van der Waals surface area contributed by atoms with Gasteiger partial charge in [0.15, 0.2) is 0 Å². The summed E-state index contributed by atoms with van der Waals surface area (Å²) in [5.41, 5.74) is 5.67. The molecule has 0 aliphatic heterocycles. The Morgan fingerprint density at radius 3 is 2.00 bits per heavy atom. The monoisotopic (exact) mass is 186 g/mol. The standard InChI is InChI=1S/C10H22N2O/c1-5-8(6-2)12(4)10(13)9(11)7-3/h8-9H,5-7,11H2,1-4H3/t9-/m1/s1. The maximum absolute atomic E-state index is 11.6. The lowest BCUT2D eigenvalue weighted by Crippen LogP contribution is -2.45. The Kier molecular flexibility index (Phi) is 5.71. The predicted molar refractivity (Wildman–Crippen MR) is 55.4 cm³/mol. The van der Waals surface area contributed by atoms with Crippen molar-refractivity contribution in [1.29, 1.82) is 0 Å². The van der Waals surface area contributed by atoms with Crippen LogP contribution in [0.1, 0.15) is 40.0 Å². The average molecular weight is 186 g/mol. The van der Waals surface area contributed by atoms with Crippen molar-refractivity contribution in [2.45, 2.75) is 52.1 Å². The number of amides is 1. The van der Waals surface area contributed by atoms with Crippen molar-refractivity contribution in [3.05, 3.63) is 0 Å². The fourth-order valence-corrected chi connectivity index (χ4v) is 1.45. The zero-order chi connectivity index (χ0) is 10.4. The van der Waals surface area contributed by atoms with E-state index < -0.39 is 0 Å². The van der Waals surface area contributed by atoms with E-state index in [1.807, 2.05) is 14.0 Å². The highest BCUT2D eigenvalue weighted by molar-refractivity contribution is 5.81. The van der Waals surface area contributed by atoms with Gasteiger partial charge in [-0.05, 0) is 19.3 Å². The molecule has 0 aromatic carbocycles. The summed E-state index contributed by atoms with van der Waals surface area (Å²) in [5, 5.41) is 0. The fraction of sp³-hybridized carbons (Fsp3) is 0.900. The van der Waals surface area contributed by atoms with Crippen LogP contribution in [0.15, 0.2) is 0 Å². The van der Waals surface area contributed by atoms with E-state index in [2.05, 4.69) is 13.8 Å². The lowest BCUT2D eigenvalue weighted by molar-refractivity contribution is -0.133. The van der Waals surface area contributed by atoms with Crippen molar-refractivity contribution in [3.8, 4) is 0 Å². The number of hydrogen-bond donors (Lipinski definition) is 1. The Balaban J connectivity index is 4.22. The van der Waals surface area contributed by atoms with E-state index in [0.29, 0.717) is 12.5 Å². The second kappa shape index (κ2) is 5.97. The molecule has 0 unspecified atom stereocenters. The van der Waals surface area contributed by atoms with Gasteiger partial charge in [-0.1, -0.05) is 20.8 Å². The highest BCUT2D eigenvalue weighted by Gasteiger charge is 2.20. The van der Waals surface area contributed by atoms with Crippen LogP contribution >= 0.6 is 0 Å². The summed E-state index contributed by atoms with van der Waals surface area (Å²) in [5.74, 6) is 0.0659. The smallest absolute Gasteiger partial charge is 0.239 e. The quantitative estimate of drug-likeness (QED) is 0.705. The molecule has 3 nitrogen and oxygen atoms in total. The molecule has 0 bridgehead atoms. The highest BCUT2D eigenvalue weighted by Crippen LogP contribution is 2.07. The van der Waals surface area contributed by atoms with E-state index >= 15 is 0 Å². The molecule has 1 atom stereocenters. The van der Waals surface area contributed by atoms with Crippen LogP contribution in [0.2, 0.25) is 0 Å². The van der Waals surface area contributed by atoms with E-state index in [9.17, 15) is 4.79 Å². The van der Waals surface area contributed by atoms with E-state index in [0.717, 1.165) is 12.8 Å². The highest BCUT2D eigenvalue weighted by atomic mass is 16.2. The number of likely N-dealkylation sites (N-methyl/N-ethyl adjacent to an activating group) is 1. The van der Waals surface area contributed by atoms with Crippen LogP contribution in [-0.4, -0.2) is 29.9 Å². The molecule has 1 amide bonds. The molecular weight excluding hydrogens is 164 g/mol. The first kappa shape index (κ1) is 12.4. The number of hydrogen-bond acceptors (Lipinski definition) is 2. The van der Waals surface area contributed by atoms with Gasteiger partial charge in [0.1, 0.15) is 0 Å². The molecule has 0 heterocycles. The summed E-state index contributed by atoms with van der Waals surface area (Å²) in [6.07, 6.45) is 2.70. The molecule has 0 aliphatic carbocycles. The van der Waals surface area contributed by atoms with Crippen LogP contribution in [-0.2, 0) is 4.79 Å². The van der Waals surface area contributed by atoms with Crippen molar-refractivity contribution in [2.24, 2.45) is 5.73 Å². The number of nitrogens with zero attached hydrogens (tertiary/aromatic N) is 1. The SMILES string of the molecule is CCC(CC)N(C)C(=O)[C@H](N)CC. The number of nitrogens with two attached hydrogens (primary N) is 1. The molecule has 0 fully saturated rings. The summed E-state index contributed by atoms with van der Waals surface area (Å²) in [7, 11) is 1.84. The van der Waals surface area contributed by atoms with E-state index in [1.54, 1.807) is 4.90 Å². The summed E-state index contributed by atoms with van der Waals surface area (Å²) in [6.45, 7) is 6.12. The van der Waals surface area contributed by atoms with Crippen molar-refractivity contribution in [2.75, 3.05) is 7.05 Å². The Labute approximate surface area is 81.3 Å². The maximum Gasteiger partial charge on any atom is 0.239 e. The van der Waals surface area contributed by atoms with Gasteiger partial charge in [0.25, 0.3) is 0 Å². The van der Waals surface area contributed by atoms with Gasteiger partial charge in [0.05, 0.1) is 6.04 Å². The predicted octanol–water partition coefficient (Wildman–Crippen LogP) is 1.37. The first-order chi connectivity index (χ1) is 6.08. The third-order valence-corrected chi connectivity index (χ3v) is 2.59. The molecule has 0 spiro atoms. The van der Waals surface area contributed by atoms with Crippen molar-refractivity contribution >= 4 is 5.91 Å². The normalized spacial score (nSPS) is 13.1. The number of rotatable bonds is 5. The van der Waals surface area contributed by atoms with Gasteiger partial charge in [-0.15, -0.1) is 0 Å². The molecule has 2 N–H and O–H groups in total. The molecule has 0 aromatic heterocycles. The summed E-state index contributed by atoms with van der Waals surface area (Å²) in [6, 6.07) is 0.00991. The molecule has 78 valence electrons. The van der Waals surface area contributed by atoms with Crippen molar-refractivity contribution < 1.29 is 4.79 Å². The van der Waals surface area contributed by atoms with Crippen LogP contribution in [0.3, 0.4) is 0 Å². The molecular formula is C10H22N2O. The van der Waals surface area contributed by atoms with Gasteiger partial charge in [-0.3, -0.25) is 4.79 Å². The molecule has 0 saturated carbocycles. The largest absolute Gasteiger partial charge is 0.341 e. The zero-order valence-electron chi connectivity index (χ0n) is 9.21. The zero-order valence-corrected chi connectivity index (χ0v) is 9.21. The lowest BCUT2D eigenvalue weighted by atomic mass is 10.1. The Bertz CT molecular complexity index is 155. The second-order valence-corrected chi connectivity index (χ2v) is 3.43. The van der Waals surface area contributed by atoms with Gasteiger partial charge in [-0.25, -0.2) is 0 Å². The Hall–Kier alpha value is -0.570. The average Bonchev–Trinajstić information content (AvgIpc) is 2.17. The van der Waals surface area contributed by atoms with Gasteiger partial charge in [0.2, 0.25) is 5.91 Å². The van der Waals surface area contributed by atoms with Crippen LogP contribution in [0.25, 0.3) is 0 Å². The van der Waals surface area contributed by atoms with Gasteiger partial charge in [0, 0.05) is 13.1 Å². The summed E-state index contributed by atoms with van der Waals surface area (Å²) >= 11 is 0. The minimum Gasteiger partial charge on any atom is -0.341 e. The third kappa shape index (κ3) is 3.35. The Morgan fingerprint density at radius 1 is 1.23 bits per heavy atom. The molecule has 13 heavy (non-hydrogen) atoms. The van der Waals surface area contributed by atoms with Gasteiger partial charge in [-0.2, -0.15) is 0 Å². The van der Waals surface area contributed by atoms with E-state index in [1.165, 1.54) is 0 Å². The number of carbonyl (C=O) groups is 1. The molecule has 0 aromatic rings. The molecule has 0 aliphatic rings. The van der Waals surface area contributed by atoms with Crippen LogP contribution in [0, 0.1) is 0 Å². The second-order valence-electron chi connectivity index (χ2n) is 3.43. The van der Waals surface area contributed by atoms with Gasteiger partial charge >= 0.3 is 0 Å². The van der Waals surface area contributed by atoms with E-state index in [-0.39, 0.29) is 11.9 Å². The minimum atomic E-state index is -0.328. The molecule has 3 heteroatoms. The molecule has 0 radical (unpaired) electrons. The van der Waals surface area contributed by atoms with Crippen LogP contribution < -0.4 is 5.73 Å². The topological polar surface area (TPSA) is 46.3 Å².